The molecule has 1 aliphatic rings. The second kappa shape index (κ2) is 17.6. The summed E-state index contributed by atoms with van der Waals surface area (Å²) in [6.45, 7) is 9.52. The van der Waals surface area contributed by atoms with E-state index in [1.165, 1.54) is 147 Å². The van der Waals surface area contributed by atoms with Gasteiger partial charge in [0.25, 0.3) is 0 Å². The van der Waals surface area contributed by atoms with Gasteiger partial charge >= 0.3 is 0 Å². The average molecular weight is 990 g/mol. The predicted octanol–water partition coefficient (Wildman–Crippen LogP) is 15.9. The molecule has 1 aliphatic heterocycles. The first-order valence-electron chi connectivity index (χ1n) is 21.8. The molecule has 63 heavy (non-hydrogen) atoms. The van der Waals surface area contributed by atoms with E-state index in [0.29, 0.717) is 0 Å². The molecule has 0 aliphatic carbocycles. The van der Waals surface area contributed by atoms with Crippen LogP contribution in [0, 0.1) is 0 Å². The number of thiophene rings is 6. The van der Waals surface area contributed by atoms with E-state index >= 15 is 0 Å². The summed E-state index contributed by atoms with van der Waals surface area (Å²) < 4.78 is 19.4. The van der Waals surface area contributed by atoms with Crippen molar-refractivity contribution >= 4 is 132 Å². The molecule has 15 heteroatoms. The average Bonchev–Trinajstić information content (AvgIpc) is 4.14. The van der Waals surface area contributed by atoms with Crippen LogP contribution >= 0.6 is 91.5 Å². The van der Waals surface area contributed by atoms with Crippen molar-refractivity contribution in [3.8, 4) is 71.3 Å². The highest BCUT2D eigenvalue weighted by Crippen LogP contribution is 2.48. The van der Waals surface area contributed by atoms with E-state index in [9.17, 15) is 0 Å². The number of aromatic nitrogens is 6. The first-order chi connectivity index (χ1) is 30.9. The first-order valence-corrected chi connectivity index (χ1v) is 31.1. The number of nitrogens with zero attached hydrogens (tertiary/aromatic N) is 6. The van der Waals surface area contributed by atoms with Crippen molar-refractivity contribution in [1.82, 2.24) is 27.5 Å². The molecular weight excluding hydrogens is 945 g/mol. The SMILES string of the molecule is CCCCCCc1ccc(-c2ccc(-c3ncc(-c4cc5c(s4)-c4sc(-c6cnc(-c7ccc(-c8ccc(CCCCCC)s8)s7)c7nsnc67)cc4[Si]5(C)C)c4nsnc34)s2)s1. The van der Waals surface area contributed by atoms with Gasteiger partial charge in [-0.1, -0.05) is 65.5 Å². The summed E-state index contributed by atoms with van der Waals surface area (Å²) in [5.74, 6) is 0. The van der Waals surface area contributed by atoms with Gasteiger partial charge in [0.2, 0.25) is 0 Å². The van der Waals surface area contributed by atoms with Gasteiger partial charge in [0.1, 0.15) is 41.5 Å². The molecule has 0 radical (unpaired) electrons. The first kappa shape index (κ1) is 42.0. The number of hydrogen-bond donors (Lipinski definition) is 0. The predicted molar refractivity (Wildman–Crippen MR) is 282 cm³/mol. The molecule has 0 amide bonds. The largest absolute Gasteiger partial charge is 0.252 e. The maximum absolute atomic E-state index is 5.11. The Bertz CT molecular complexity index is 3030. The lowest BCUT2D eigenvalue weighted by Crippen LogP contribution is -2.48. The van der Waals surface area contributed by atoms with Crippen molar-refractivity contribution in [1.29, 1.82) is 0 Å². The van der Waals surface area contributed by atoms with Crippen LogP contribution in [0.2, 0.25) is 13.1 Å². The van der Waals surface area contributed by atoms with Crippen LogP contribution < -0.4 is 10.4 Å². The van der Waals surface area contributed by atoms with E-state index in [2.05, 4.69) is 87.6 Å². The number of aryl methyl sites for hydroxylation is 2. The molecule has 0 saturated carbocycles. The van der Waals surface area contributed by atoms with E-state index in [0.717, 1.165) is 54.3 Å². The monoisotopic (exact) mass is 988 g/mol. The van der Waals surface area contributed by atoms with Gasteiger partial charge in [-0.3, -0.25) is 9.97 Å². The highest BCUT2D eigenvalue weighted by Gasteiger charge is 2.42. The van der Waals surface area contributed by atoms with Crippen LogP contribution in [0.5, 0.6) is 0 Å². The second-order valence-electron chi connectivity index (χ2n) is 16.8. The number of hydrogen-bond acceptors (Lipinski definition) is 14. The van der Waals surface area contributed by atoms with Crippen LogP contribution in [0.4, 0.5) is 0 Å². The summed E-state index contributed by atoms with van der Waals surface area (Å²) >= 11 is 13.8. The quantitative estimate of drug-likeness (QED) is 0.0709. The Kier molecular flexibility index (Phi) is 11.8. The molecule has 0 unspecified atom stereocenters. The van der Waals surface area contributed by atoms with Crippen LogP contribution in [0.1, 0.15) is 75.0 Å². The third kappa shape index (κ3) is 7.78. The molecule has 0 spiro atoms. The van der Waals surface area contributed by atoms with Gasteiger partial charge in [0.15, 0.2) is 0 Å². The minimum atomic E-state index is -2.00. The zero-order valence-corrected chi connectivity index (χ0v) is 43.0. The van der Waals surface area contributed by atoms with E-state index in [4.69, 9.17) is 27.5 Å². The lowest BCUT2D eigenvalue weighted by atomic mass is 10.1. The van der Waals surface area contributed by atoms with Gasteiger partial charge in [-0.25, -0.2) is 0 Å². The zero-order chi connectivity index (χ0) is 42.7. The molecule has 318 valence electrons. The molecule has 0 fully saturated rings. The molecule has 0 saturated heterocycles. The van der Waals surface area contributed by atoms with Crippen molar-refractivity contribution in [2.24, 2.45) is 0 Å². The maximum Gasteiger partial charge on any atom is 0.132 e. The second-order valence-corrected chi connectivity index (χ2v) is 28.8. The Hall–Kier alpha value is -3.64. The Morgan fingerprint density at radius 3 is 1.30 bits per heavy atom. The van der Waals surface area contributed by atoms with Crippen LogP contribution in [-0.4, -0.2) is 35.5 Å². The van der Waals surface area contributed by atoms with Gasteiger partial charge < -0.3 is 0 Å². The van der Waals surface area contributed by atoms with Gasteiger partial charge in [-0.2, -0.15) is 17.5 Å². The Morgan fingerprint density at radius 2 is 0.841 bits per heavy atom. The summed E-state index contributed by atoms with van der Waals surface area (Å²) in [6, 6.07) is 23.0. The van der Waals surface area contributed by atoms with Crippen molar-refractivity contribution in [2.45, 2.75) is 91.1 Å². The number of pyridine rings is 2. The van der Waals surface area contributed by atoms with E-state index in [-0.39, 0.29) is 0 Å². The van der Waals surface area contributed by atoms with Crippen molar-refractivity contribution in [3.05, 3.63) is 82.8 Å². The van der Waals surface area contributed by atoms with Gasteiger partial charge in [0.05, 0.1) is 33.2 Å². The van der Waals surface area contributed by atoms with Gasteiger partial charge in [0, 0.05) is 72.3 Å². The summed E-state index contributed by atoms with van der Waals surface area (Å²) in [7, 11) is -2.00. The smallest absolute Gasteiger partial charge is 0.132 e. The lowest BCUT2D eigenvalue weighted by molar-refractivity contribution is 0.670. The lowest BCUT2D eigenvalue weighted by Gasteiger charge is -2.16. The maximum atomic E-state index is 5.11. The minimum Gasteiger partial charge on any atom is -0.252 e. The summed E-state index contributed by atoms with van der Waals surface area (Å²) in [5.41, 5.74) is 7.65. The molecular formula is C48H44N6S8Si. The highest BCUT2D eigenvalue weighted by atomic mass is 32.1. The zero-order valence-electron chi connectivity index (χ0n) is 35.4. The fourth-order valence-corrected chi connectivity index (χ4v) is 21.3. The van der Waals surface area contributed by atoms with Crippen LogP contribution in [0.3, 0.4) is 0 Å². The Labute approximate surface area is 401 Å². The minimum absolute atomic E-state index is 0.891. The summed E-state index contributed by atoms with van der Waals surface area (Å²) in [5, 5.41) is 2.99. The van der Waals surface area contributed by atoms with E-state index < -0.39 is 8.07 Å². The van der Waals surface area contributed by atoms with Crippen molar-refractivity contribution in [3.63, 3.8) is 0 Å². The Balaban J connectivity index is 0.857. The molecule has 0 bridgehead atoms. The van der Waals surface area contributed by atoms with Crippen LogP contribution in [0.15, 0.2) is 73.1 Å². The normalized spacial score (nSPS) is 13.2. The molecule has 10 aromatic rings. The van der Waals surface area contributed by atoms with Crippen LogP contribution in [-0.2, 0) is 12.8 Å². The molecule has 0 atom stereocenters. The van der Waals surface area contributed by atoms with Gasteiger partial charge in [-0.05, 0) is 96.7 Å². The fourth-order valence-electron chi connectivity index (χ4n) is 8.66. The molecule has 0 aromatic carbocycles. The number of fused-ring (bicyclic) bond motifs is 5. The Morgan fingerprint density at radius 1 is 0.429 bits per heavy atom. The third-order valence-electron chi connectivity index (χ3n) is 12.2. The molecule has 10 aromatic heterocycles. The molecule has 11 rings (SSSR count). The summed E-state index contributed by atoms with van der Waals surface area (Å²) in [6.07, 6.45) is 16.8. The summed E-state index contributed by atoms with van der Waals surface area (Å²) in [4.78, 5) is 25.9. The molecule has 6 nitrogen and oxygen atoms in total. The van der Waals surface area contributed by atoms with Gasteiger partial charge in [-0.15, -0.1) is 68.0 Å². The van der Waals surface area contributed by atoms with E-state index in [1.807, 2.05) is 57.7 Å². The van der Waals surface area contributed by atoms with Crippen LogP contribution in [0.25, 0.3) is 93.4 Å². The topological polar surface area (TPSA) is 77.3 Å². The number of rotatable bonds is 16. The third-order valence-corrected chi connectivity index (χ3v) is 24.4. The van der Waals surface area contributed by atoms with Crippen molar-refractivity contribution in [2.75, 3.05) is 0 Å². The van der Waals surface area contributed by atoms with Crippen molar-refractivity contribution < 1.29 is 0 Å². The molecule has 11 heterocycles. The molecule has 0 N–H and O–H groups in total. The highest BCUT2D eigenvalue weighted by molar-refractivity contribution is 7.31. The van der Waals surface area contributed by atoms with E-state index in [1.54, 1.807) is 22.7 Å². The number of unbranched alkanes of at least 4 members (excludes halogenated alkanes) is 6. The standard InChI is InChI=1S/C48H44N6S8Si/c1-5-7-9-11-13-27-15-17-31(55-27)33-19-21-35(57-33)43-45-41(51-61-53-45)29(25-49-43)37-23-39-47(59-37)48-40(63(39,3)4)24-38(60-48)30-26-50-44(46-42(30)52-62-54-46)36-22-20-34(58-36)32-18-16-28(56-32)14-12-10-8-6-2/h15-26H,5-14H2,1-4H3. The fraction of sp³-hybridized carbons (Fsp3) is 0.292.